The van der Waals surface area contributed by atoms with Gasteiger partial charge in [0.15, 0.2) is 5.78 Å². The van der Waals surface area contributed by atoms with E-state index < -0.39 is 0 Å². The summed E-state index contributed by atoms with van der Waals surface area (Å²) in [5, 5.41) is 0. The summed E-state index contributed by atoms with van der Waals surface area (Å²) in [6.07, 6.45) is 8.93. The van der Waals surface area contributed by atoms with E-state index in [9.17, 15) is 4.79 Å². The standard InChI is InChI=1S/C17H25NOS/c1-2-14-7-8-15(20-14)13-16(19)17(9-3-4-10-17)18-11-5-6-12-18/h7-8H,2-6,9-13H2,1H3. The third-order valence-corrected chi connectivity index (χ3v) is 6.29. The van der Waals surface area contributed by atoms with Crippen molar-refractivity contribution in [1.29, 1.82) is 0 Å². The molecule has 0 amide bonds. The van der Waals surface area contributed by atoms with E-state index in [4.69, 9.17) is 0 Å². The zero-order chi connectivity index (χ0) is 14.0. The van der Waals surface area contributed by atoms with E-state index in [1.807, 2.05) is 11.3 Å². The highest BCUT2D eigenvalue weighted by Gasteiger charge is 2.46. The molecule has 0 N–H and O–H groups in total. The quantitative estimate of drug-likeness (QED) is 0.821. The lowest BCUT2D eigenvalue weighted by Crippen LogP contribution is -2.52. The highest BCUT2D eigenvalue weighted by molar-refractivity contribution is 7.12. The molecular formula is C17H25NOS. The lowest BCUT2D eigenvalue weighted by atomic mass is 9.88. The third kappa shape index (κ3) is 2.58. The average molecular weight is 291 g/mol. The molecule has 0 aromatic carbocycles. The maximum Gasteiger partial charge on any atom is 0.158 e. The smallest absolute Gasteiger partial charge is 0.158 e. The van der Waals surface area contributed by atoms with Crippen molar-refractivity contribution in [2.45, 2.75) is 63.8 Å². The summed E-state index contributed by atoms with van der Waals surface area (Å²) in [4.78, 5) is 18.2. The van der Waals surface area contributed by atoms with Gasteiger partial charge < -0.3 is 0 Å². The molecule has 20 heavy (non-hydrogen) atoms. The monoisotopic (exact) mass is 291 g/mol. The largest absolute Gasteiger partial charge is 0.297 e. The molecule has 1 aromatic rings. The molecule has 2 heterocycles. The lowest BCUT2D eigenvalue weighted by molar-refractivity contribution is -0.129. The van der Waals surface area contributed by atoms with Crippen LogP contribution in [-0.2, 0) is 17.6 Å². The van der Waals surface area contributed by atoms with Crippen LogP contribution in [0.5, 0.6) is 0 Å². The van der Waals surface area contributed by atoms with Crippen LogP contribution in [0.2, 0.25) is 0 Å². The normalized spacial score (nSPS) is 22.4. The number of nitrogens with zero attached hydrogens (tertiary/aromatic N) is 1. The Hall–Kier alpha value is -0.670. The lowest BCUT2D eigenvalue weighted by Gasteiger charge is -2.37. The van der Waals surface area contributed by atoms with Crippen LogP contribution in [0.1, 0.15) is 55.2 Å². The summed E-state index contributed by atoms with van der Waals surface area (Å²) in [6, 6.07) is 4.35. The van der Waals surface area contributed by atoms with Crippen LogP contribution in [-0.4, -0.2) is 29.3 Å². The Morgan fingerprint density at radius 1 is 1.15 bits per heavy atom. The fourth-order valence-corrected chi connectivity index (χ4v) is 4.86. The minimum atomic E-state index is -0.104. The number of carbonyl (C=O) groups excluding carboxylic acids is 1. The molecule has 0 bridgehead atoms. The number of aryl methyl sites for hydroxylation is 1. The van der Waals surface area contributed by atoms with Crippen LogP contribution in [0, 0.1) is 0 Å². The molecule has 3 heteroatoms. The Bertz CT molecular complexity index is 467. The summed E-state index contributed by atoms with van der Waals surface area (Å²) in [6.45, 7) is 4.45. The number of carbonyl (C=O) groups is 1. The molecule has 3 rings (SSSR count). The molecule has 1 saturated carbocycles. The van der Waals surface area contributed by atoms with Crippen molar-refractivity contribution in [3.63, 3.8) is 0 Å². The van der Waals surface area contributed by atoms with Crippen molar-refractivity contribution in [1.82, 2.24) is 4.90 Å². The van der Waals surface area contributed by atoms with E-state index in [-0.39, 0.29) is 5.54 Å². The van der Waals surface area contributed by atoms with E-state index in [2.05, 4.69) is 24.0 Å². The van der Waals surface area contributed by atoms with E-state index in [1.54, 1.807) is 0 Å². The van der Waals surface area contributed by atoms with Gasteiger partial charge in [-0.2, -0.15) is 0 Å². The second-order valence-corrected chi connectivity index (χ2v) is 7.51. The first-order valence-corrected chi connectivity index (χ1v) is 8.92. The Kier molecular flexibility index (Phi) is 4.27. The number of hydrogen-bond donors (Lipinski definition) is 0. The zero-order valence-electron chi connectivity index (χ0n) is 12.5. The maximum atomic E-state index is 13.0. The fraction of sp³-hybridized carbons (Fsp3) is 0.706. The first kappa shape index (κ1) is 14.3. The van der Waals surface area contributed by atoms with Gasteiger partial charge in [-0.1, -0.05) is 19.8 Å². The van der Waals surface area contributed by atoms with Gasteiger partial charge in [0, 0.05) is 16.2 Å². The van der Waals surface area contributed by atoms with Crippen molar-refractivity contribution < 1.29 is 4.79 Å². The molecule has 1 aliphatic heterocycles. The predicted molar refractivity (Wildman–Crippen MR) is 84.4 cm³/mol. The molecule has 1 saturated heterocycles. The first-order valence-electron chi connectivity index (χ1n) is 8.10. The molecule has 0 spiro atoms. The number of ketones is 1. The van der Waals surface area contributed by atoms with Gasteiger partial charge in [0.25, 0.3) is 0 Å². The van der Waals surface area contributed by atoms with Crippen molar-refractivity contribution in [3.05, 3.63) is 21.9 Å². The predicted octanol–water partition coefficient (Wildman–Crippen LogP) is 3.83. The molecule has 0 atom stereocenters. The fourth-order valence-electron chi connectivity index (χ4n) is 3.91. The maximum absolute atomic E-state index is 13.0. The molecule has 0 radical (unpaired) electrons. The van der Waals surface area contributed by atoms with Crippen molar-refractivity contribution >= 4 is 17.1 Å². The van der Waals surface area contributed by atoms with Gasteiger partial charge in [0.05, 0.1) is 5.54 Å². The molecule has 2 aliphatic rings. The van der Waals surface area contributed by atoms with Crippen molar-refractivity contribution in [2.24, 2.45) is 0 Å². The Morgan fingerprint density at radius 2 is 1.80 bits per heavy atom. The van der Waals surface area contributed by atoms with Gasteiger partial charge >= 0.3 is 0 Å². The summed E-state index contributed by atoms with van der Waals surface area (Å²) in [5.41, 5.74) is -0.104. The minimum Gasteiger partial charge on any atom is -0.297 e. The molecule has 2 nitrogen and oxygen atoms in total. The first-order chi connectivity index (χ1) is 9.74. The number of thiophene rings is 1. The highest BCUT2D eigenvalue weighted by atomic mass is 32.1. The third-order valence-electron chi connectivity index (χ3n) is 5.06. The van der Waals surface area contributed by atoms with Crippen LogP contribution >= 0.6 is 11.3 Å². The van der Waals surface area contributed by atoms with Crippen LogP contribution < -0.4 is 0 Å². The second kappa shape index (κ2) is 5.98. The summed E-state index contributed by atoms with van der Waals surface area (Å²) in [5.74, 6) is 0.487. The summed E-state index contributed by atoms with van der Waals surface area (Å²) >= 11 is 1.82. The van der Waals surface area contributed by atoms with Crippen LogP contribution in [0.3, 0.4) is 0 Å². The van der Waals surface area contributed by atoms with Crippen molar-refractivity contribution in [3.8, 4) is 0 Å². The number of likely N-dealkylation sites (tertiary alicyclic amines) is 1. The molecule has 1 aromatic heterocycles. The van der Waals surface area contributed by atoms with Gasteiger partial charge in [-0.05, 0) is 57.3 Å². The number of Topliss-reactive ketones (excluding diaryl/α,β-unsaturated/α-hetero) is 1. The molecule has 110 valence electrons. The summed E-state index contributed by atoms with van der Waals surface area (Å²) < 4.78 is 0. The highest BCUT2D eigenvalue weighted by Crippen LogP contribution is 2.39. The van der Waals surface area contributed by atoms with Gasteiger partial charge in [-0.25, -0.2) is 0 Å². The van der Waals surface area contributed by atoms with Crippen molar-refractivity contribution in [2.75, 3.05) is 13.1 Å². The van der Waals surface area contributed by atoms with Gasteiger partial charge in [-0.15, -0.1) is 11.3 Å². The topological polar surface area (TPSA) is 20.3 Å². The van der Waals surface area contributed by atoms with Crippen LogP contribution in [0.15, 0.2) is 12.1 Å². The molecular weight excluding hydrogens is 266 g/mol. The molecule has 1 aliphatic carbocycles. The van der Waals surface area contributed by atoms with E-state index >= 15 is 0 Å². The second-order valence-electron chi connectivity index (χ2n) is 6.25. The Labute approximate surface area is 126 Å². The van der Waals surface area contributed by atoms with E-state index in [0.717, 1.165) is 32.4 Å². The van der Waals surface area contributed by atoms with Gasteiger partial charge in [0.2, 0.25) is 0 Å². The Morgan fingerprint density at radius 3 is 2.40 bits per heavy atom. The van der Waals surface area contributed by atoms with Crippen LogP contribution in [0.4, 0.5) is 0 Å². The van der Waals surface area contributed by atoms with Crippen LogP contribution in [0.25, 0.3) is 0 Å². The SMILES string of the molecule is CCc1ccc(CC(=O)C2(N3CCCC3)CCCC2)s1. The summed E-state index contributed by atoms with van der Waals surface area (Å²) in [7, 11) is 0. The average Bonchev–Trinajstić information content (AvgIpc) is 3.19. The molecule has 0 unspecified atom stereocenters. The number of rotatable bonds is 5. The van der Waals surface area contributed by atoms with E-state index in [0.29, 0.717) is 12.2 Å². The van der Waals surface area contributed by atoms with Gasteiger partial charge in [-0.3, -0.25) is 9.69 Å². The molecule has 2 fully saturated rings. The van der Waals surface area contributed by atoms with Gasteiger partial charge in [0.1, 0.15) is 0 Å². The zero-order valence-corrected chi connectivity index (χ0v) is 13.3. The van der Waals surface area contributed by atoms with E-state index in [1.165, 1.54) is 35.4 Å². The Balaban J connectivity index is 1.75. The minimum absolute atomic E-state index is 0.104. The number of hydrogen-bond acceptors (Lipinski definition) is 3.